The first-order valence-corrected chi connectivity index (χ1v) is 23.8. The summed E-state index contributed by atoms with van der Waals surface area (Å²) in [5.74, 6) is -4.12. The highest BCUT2D eigenvalue weighted by Gasteiger charge is 2.63. The Hall–Kier alpha value is -5.93. The number of hydrogen-bond acceptors (Lipinski definition) is 12. The molecule has 0 radical (unpaired) electrons. The van der Waals surface area contributed by atoms with E-state index < -0.39 is 55.6 Å². The fourth-order valence-corrected chi connectivity index (χ4v) is 10.1. The molecule has 3 heterocycles. The number of hydrogen-bond donors (Lipinski definition) is 2. The molecule has 1 saturated heterocycles. The van der Waals surface area contributed by atoms with Crippen molar-refractivity contribution in [2.75, 3.05) is 25.6 Å². The largest absolute Gasteiger partial charge is 0.497 e. The molecule has 17 heteroatoms. The number of carbonyl (C=O) groups is 1. The number of benzene rings is 4. The third-order valence-electron chi connectivity index (χ3n) is 12.4. The van der Waals surface area contributed by atoms with E-state index in [4.69, 9.17) is 38.0 Å². The van der Waals surface area contributed by atoms with Crippen LogP contribution in [0.5, 0.6) is 17.4 Å². The monoisotopic (exact) mass is 924 g/mol. The number of anilines is 1. The number of methoxy groups -OCH3 is 1. The summed E-state index contributed by atoms with van der Waals surface area (Å²) in [6.07, 6.45) is 3.74. The lowest BCUT2D eigenvalue weighted by atomic mass is 9.77. The highest BCUT2D eigenvalue weighted by atomic mass is 31.2. The Labute approximate surface area is 382 Å². The first-order valence-electron chi connectivity index (χ1n) is 22.2. The van der Waals surface area contributed by atoms with Gasteiger partial charge in [-0.25, -0.2) is 18.3 Å². The summed E-state index contributed by atoms with van der Waals surface area (Å²) in [7, 11) is -2.97. The third-order valence-corrected chi connectivity index (χ3v) is 14.0. The van der Waals surface area contributed by atoms with Gasteiger partial charge in [-0.05, 0) is 87.4 Å². The maximum atomic E-state index is 17.4. The molecule has 2 aliphatic rings. The number of para-hydroxylation sites is 1. The SMILES string of the molecule is CCOc1nc(NC(c2ccccc2)(c2ccccc2)c2ccc(OC)cc2)nc2c1ncn2[C@@H]1O[C@](F)(COP(=O)(N[C@@H](C)C(=O)OC2CCCCC2)Oc2ccccc2)[C@@H](C)[C@@]1(C)F. The van der Waals surface area contributed by atoms with Crippen LogP contribution < -0.4 is 24.4 Å². The number of halogens is 2. The van der Waals surface area contributed by atoms with Gasteiger partial charge in [-0.3, -0.25) is 13.9 Å². The van der Waals surface area contributed by atoms with E-state index >= 15 is 8.78 Å². The quantitative estimate of drug-likeness (QED) is 0.0477. The lowest BCUT2D eigenvalue weighted by Crippen LogP contribution is -2.41. The van der Waals surface area contributed by atoms with E-state index in [1.807, 2.05) is 84.9 Å². The number of ether oxygens (including phenoxy) is 4. The van der Waals surface area contributed by atoms with Crippen LogP contribution in [0.2, 0.25) is 0 Å². The number of imidazole rings is 1. The van der Waals surface area contributed by atoms with Crippen molar-refractivity contribution in [2.24, 2.45) is 5.92 Å². The van der Waals surface area contributed by atoms with Crippen LogP contribution >= 0.6 is 7.75 Å². The van der Waals surface area contributed by atoms with Gasteiger partial charge in [0.15, 0.2) is 23.1 Å². The molecule has 1 saturated carbocycles. The van der Waals surface area contributed by atoms with E-state index in [0.717, 1.165) is 48.8 Å². The number of alkyl halides is 2. The second kappa shape index (κ2) is 19.5. The van der Waals surface area contributed by atoms with Crippen LogP contribution in [-0.4, -0.2) is 69.5 Å². The van der Waals surface area contributed by atoms with Crippen molar-refractivity contribution in [1.82, 2.24) is 24.6 Å². The number of nitrogens with one attached hydrogen (secondary N) is 2. The van der Waals surface area contributed by atoms with Gasteiger partial charge in [-0.1, -0.05) is 104 Å². The normalized spacial score (nSPS) is 22.6. The smallest absolute Gasteiger partial charge is 0.459 e. The molecule has 8 rings (SSSR count). The topological polar surface area (TPSA) is 157 Å². The number of carbonyl (C=O) groups excluding carboxylic acids is 1. The Balaban J connectivity index is 1.13. The summed E-state index contributed by atoms with van der Waals surface area (Å²) in [4.78, 5) is 27.5. The predicted octanol–water partition coefficient (Wildman–Crippen LogP) is 10.3. The highest BCUT2D eigenvalue weighted by Crippen LogP contribution is 2.55. The molecule has 1 unspecified atom stereocenters. The fraction of sp³-hybridized carbons (Fsp3) is 0.388. The molecule has 2 fully saturated rings. The van der Waals surface area contributed by atoms with Gasteiger partial charge in [-0.2, -0.15) is 15.1 Å². The van der Waals surface area contributed by atoms with Crippen LogP contribution in [0.15, 0.2) is 122 Å². The molecule has 2 N–H and O–H groups in total. The Morgan fingerprint density at radius 2 is 1.50 bits per heavy atom. The number of aromatic nitrogens is 4. The molecule has 14 nitrogen and oxygen atoms in total. The zero-order chi connectivity index (χ0) is 46.5. The van der Waals surface area contributed by atoms with Gasteiger partial charge in [0.25, 0.3) is 0 Å². The Morgan fingerprint density at radius 1 is 0.894 bits per heavy atom. The van der Waals surface area contributed by atoms with Crippen molar-refractivity contribution in [2.45, 2.75) is 95.2 Å². The molecule has 6 atom stereocenters. The van der Waals surface area contributed by atoms with Gasteiger partial charge >= 0.3 is 13.7 Å². The van der Waals surface area contributed by atoms with Crippen LogP contribution in [-0.2, 0) is 28.9 Å². The molecule has 2 aromatic heterocycles. The number of fused-ring (bicyclic) bond motifs is 1. The lowest BCUT2D eigenvalue weighted by Gasteiger charge is -2.37. The van der Waals surface area contributed by atoms with E-state index in [1.165, 1.54) is 43.8 Å². The molecule has 6 aromatic rings. The zero-order valence-corrected chi connectivity index (χ0v) is 38.5. The van der Waals surface area contributed by atoms with E-state index in [2.05, 4.69) is 15.4 Å². The third kappa shape index (κ3) is 9.50. The van der Waals surface area contributed by atoms with Crippen molar-refractivity contribution in [1.29, 1.82) is 0 Å². The van der Waals surface area contributed by atoms with Crippen LogP contribution in [0.1, 0.15) is 82.7 Å². The van der Waals surface area contributed by atoms with Crippen LogP contribution in [0, 0.1) is 5.92 Å². The van der Waals surface area contributed by atoms with Crippen LogP contribution in [0.4, 0.5) is 14.7 Å². The van der Waals surface area contributed by atoms with Crippen molar-refractivity contribution in [3.8, 4) is 17.4 Å². The second-order valence-electron chi connectivity index (χ2n) is 16.8. The van der Waals surface area contributed by atoms with Crippen molar-refractivity contribution in [3.63, 3.8) is 0 Å². The van der Waals surface area contributed by atoms with E-state index in [0.29, 0.717) is 5.75 Å². The highest BCUT2D eigenvalue weighted by molar-refractivity contribution is 7.52. The number of nitrogens with zero attached hydrogens (tertiary/aromatic N) is 4. The van der Waals surface area contributed by atoms with Gasteiger partial charge in [0, 0.05) is 0 Å². The molecule has 348 valence electrons. The zero-order valence-electron chi connectivity index (χ0n) is 37.6. The van der Waals surface area contributed by atoms with Gasteiger partial charge < -0.3 is 28.8 Å². The molecule has 0 bridgehead atoms. The minimum atomic E-state index is -4.57. The maximum absolute atomic E-state index is 17.4. The summed E-state index contributed by atoms with van der Waals surface area (Å²) in [5.41, 5.74) is -0.772. The van der Waals surface area contributed by atoms with Crippen molar-refractivity contribution >= 4 is 30.8 Å². The van der Waals surface area contributed by atoms with E-state index in [-0.39, 0.29) is 41.5 Å². The van der Waals surface area contributed by atoms with E-state index in [1.54, 1.807) is 32.2 Å². The van der Waals surface area contributed by atoms with Gasteiger partial charge in [0.1, 0.15) is 35.8 Å². The minimum Gasteiger partial charge on any atom is -0.497 e. The molecule has 1 aliphatic carbocycles. The maximum Gasteiger partial charge on any atom is 0.459 e. The molecule has 0 amide bonds. The van der Waals surface area contributed by atoms with Crippen LogP contribution in [0.3, 0.4) is 0 Å². The molecule has 4 aromatic carbocycles. The molecule has 0 spiro atoms. The summed E-state index contributed by atoms with van der Waals surface area (Å²) in [5, 5.41) is 6.24. The molecular formula is C49H55F2N6O8P. The Bertz CT molecular complexity index is 2580. The second-order valence-corrected chi connectivity index (χ2v) is 18.5. The van der Waals surface area contributed by atoms with Gasteiger partial charge in [0.05, 0.1) is 26.0 Å². The van der Waals surface area contributed by atoms with Crippen molar-refractivity contribution < 1.29 is 46.1 Å². The first-order chi connectivity index (χ1) is 31.8. The van der Waals surface area contributed by atoms with Gasteiger partial charge in [0.2, 0.25) is 17.7 Å². The minimum absolute atomic E-state index is 0.0806. The number of rotatable bonds is 18. The van der Waals surface area contributed by atoms with Crippen molar-refractivity contribution in [3.05, 3.63) is 138 Å². The van der Waals surface area contributed by atoms with Gasteiger partial charge in [-0.15, -0.1) is 0 Å². The lowest BCUT2D eigenvalue weighted by molar-refractivity contribution is -0.188. The summed E-state index contributed by atoms with van der Waals surface area (Å²) < 4.78 is 85.4. The number of esters is 1. The average Bonchev–Trinajstić information content (AvgIpc) is 3.83. The average molecular weight is 925 g/mol. The Morgan fingerprint density at radius 3 is 2.11 bits per heavy atom. The summed E-state index contributed by atoms with van der Waals surface area (Å²) >= 11 is 0. The predicted molar refractivity (Wildman–Crippen MR) is 245 cm³/mol. The summed E-state index contributed by atoms with van der Waals surface area (Å²) in [6, 6.07) is 34.1. The molecule has 66 heavy (non-hydrogen) atoms. The molecular weight excluding hydrogens is 870 g/mol. The van der Waals surface area contributed by atoms with E-state index in [9.17, 15) is 9.36 Å². The summed E-state index contributed by atoms with van der Waals surface area (Å²) in [6.45, 7) is 4.94. The molecule has 1 aliphatic heterocycles. The first kappa shape index (κ1) is 46.6. The van der Waals surface area contributed by atoms with Crippen LogP contribution in [0.25, 0.3) is 11.2 Å². The Kier molecular flexibility index (Phi) is 13.8. The fourth-order valence-electron chi connectivity index (χ4n) is 8.61. The standard InChI is InChI=1S/C49H55F2N6O8P/c1-6-61-43-41-42(53-46(54-43)55-49(35-19-11-7-12-20-35,36-21-13-8-14-22-36)37-27-29-38(60-5)30-28-37)57(32-52-41)45-47(4,50)34(3)48(51,64-45)31-62-66(59,65-40-25-17-10-18-26-40)56-33(2)44(58)63-39-23-15-9-16-24-39/h7-8,10-14,17-22,25-30,32-34,39,45H,6,9,15-16,23-24,31H2,1-5H3,(H,56,59)(H,53,54,55)/t33-,34-,45+,47+,48+,66?/m0/s1.